The Morgan fingerprint density at radius 1 is 0.381 bits per heavy atom. The van der Waals surface area contributed by atoms with Gasteiger partial charge in [-0.05, 0) is 0 Å². The van der Waals surface area contributed by atoms with Gasteiger partial charge in [-0.25, -0.2) is 0 Å². The van der Waals surface area contributed by atoms with E-state index in [2.05, 4.69) is 54.6 Å². The maximum absolute atomic E-state index is 6.56. The van der Waals surface area contributed by atoms with Crippen molar-refractivity contribution in [3.05, 3.63) is 176 Å². The molecule has 0 radical (unpaired) electrons. The van der Waals surface area contributed by atoms with Crippen LogP contribution in [0.15, 0.2) is 175 Å². The molecular weight excluding hydrogens is 617 g/mol. The molecule has 0 aliphatic carbocycles. The third-order valence-electron chi connectivity index (χ3n) is 5.83. The molecule has 0 atom stereocenters. The number of hydrogen-bond donors (Lipinski definition) is 0. The van der Waals surface area contributed by atoms with Crippen LogP contribution in [0.2, 0.25) is 0 Å². The molecule has 0 aliphatic rings. The van der Waals surface area contributed by atoms with Gasteiger partial charge in [0.1, 0.15) is 16.3 Å². The average molecular weight is 645 g/mol. The van der Waals surface area contributed by atoms with Crippen LogP contribution in [0.4, 0.5) is 0 Å². The summed E-state index contributed by atoms with van der Waals surface area (Å²) in [5.41, 5.74) is 0. The first-order valence-corrected chi connectivity index (χ1v) is 16.1. The molecule has 0 fully saturated rings. The van der Waals surface area contributed by atoms with Gasteiger partial charge < -0.3 is 21.7 Å². The summed E-state index contributed by atoms with van der Waals surface area (Å²) < 4.78 is 13.1. The van der Waals surface area contributed by atoms with Crippen molar-refractivity contribution in [2.24, 2.45) is 0 Å². The second-order valence-corrected chi connectivity index (χ2v) is 12.9. The third kappa shape index (κ3) is 9.25. The van der Waals surface area contributed by atoms with E-state index in [4.69, 9.17) is 21.7 Å². The molecule has 0 aliphatic heterocycles. The van der Waals surface area contributed by atoms with Crippen molar-refractivity contribution in [3.8, 4) is 11.5 Å². The molecule has 0 spiro atoms. The summed E-state index contributed by atoms with van der Waals surface area (Å²) in [6, 6.07) is 60.3. The second kappa shape index (κ2) is 16.8. The predicted octanol–water partition coefficient (Wildman–Crippen LogP) is 7.93. The van der Waals surface area contributed by atoms with E-state index in [1.807, 2.05) is 121 Å². The second-order valence-electron chi connectivity index (χ2n) is 8.81. The monoisotopic (exact) mass is 644 g/mol. The summed E-state index contributed by atoms with van der Waals surface area (Å²) >= 11 is 4.81. The van der Waals surface area contributed by atoms with Crippen LogP contribution in [0.1, 0.15) is 0 Å². The summed E-state index contributed by atoms with van der Waals surface area (Å²) in [5, 5.41) is 4.61. The first kappa shape index (κ1) is 31.4. The molecule has 0 N–H and O–H groups in total. The predicted molar refractivity (Wildman–Crippen MR) is 177 cm³/mol. The molecule has 0 amide bonds. The topological polar surface area (TPSA) is 18.5 Å². The fraction of sp³-hybridized carbons (Fsp3) is 0. The van der Waals surface area contributed by atoms with E-state index >= 15 is 0 Å². The van der Waals surface area contributed by atoms with E-state index in [9.17, 15) is 0 Å². The zero-order chi connectivity index (χ0) is 28.1. The Hall–Kier alpha value is -3.51. The van der Waals surface area contributed by atoms with Gasteiger partial charge in [-0.3, -0.25) is 0 Å². The molecule has 2 nitrogen and oxygen atoms in total. The molecule has 42 heavy (non-hydrogen) atoms. The largest absolute Gasteiger partial charge is 2.00 e. The van der Waals surface area contributed by atoms with Crippen molar-refractivity contribution in [2.75, 3.05) is 0 Å². The Bertz CT molecular complexity index is 1410. The minimum atomic E-state index is -1.03. The quantitative estimate of drug-likeness (QED) is 0.0726. The van der Waals surface area contributed by atoms with E-state index in [1.165, 1.54) is 0 Å². The molecule has 210 valence electrons. The van der Waals surface area contributed by atoms with E-state index in [-0.39, 0.29) is 16.5 Å². The molecule has 0 saturated heterocycles. The normalized spacial score (nSPS) is 10.2. The zero-order valence-electron chi connectivity index (χ0n) is 22.6. The van der Waals surface area contributed by atoms with Crippen LogP contribution in [-0.4, -0.2) is 0 Å². The Morgan fingerprint density at radius 2 is 0.667 bits per heavy atom. The number of rotatable bonds is 8. The fourth-order valence-corrected chi connectivity index (χ4v) is 7.47. The van der Waals surface area contributed by atoms with Crippen LogP contribution in [-0.2, 0) is 29.1 Å². The third-order valence-corrected chi connectivity index (χ3v) is 9.93. The van der Waals surface area contributed by atoms with Gasteiger partial charge in [0, 0.05) is 32.7 Å². The summed E-state index contributed by atoms with van der Waals surface area (Å²) in [4.78, 5) is 0.905. The van der Waals surface area contributed by atoms with Gasteiger partial charge in [0.05, 0.1) is 0 Å². The van der Waals surface area contributed by atoms with Crippen molar-refractivity contribution in [2.45, 2.75) is 4.90 Å². The molecule has 0 unspecified atom stereocenters. The zero-order valence-corrected chi connectivity index (χ0v) is 26.2. The minimum absolute atomic E-state index is 0. The molecular formula is C36H28NiO2P2S. The molecule has 0 aromatic heterocycles. The van der Waals surface area contributed by atoms with Crippen LogP contribution in [0.25, 0.3) is 0 Å². The van der Waals surface area contributed by atoms with Crippen molar-refractivity contribution >= 4 is 50.1 Å². The van der Waals surface area contributed by atoms with Crippen molar-refractivity contribution in [3.63, 3.8) is 0 Å². The fourth-order valence-electron chi connectivity index (χ4n) is 3.91. The molecule has 6 heteroatoms. The van der Waals surface area contributed by atoms with Crippen LogP contribution < -0.4 is 30.3 Å². The van der Waals surface area contributed by atoms with Crippen LogP contribution in [0, 0.1) is 6.07 Å². The summed E-state index contributed by atoms with van der Waals surface area (Å²) in [6.07, 6.45) is 0. The SMILES string of the molecule is [Ni+2].[S-]c1ccccc1.[c-]1c(OP(c2ccccc2)c2ccccc2)cccc1OP(c1ccccc1)c1ccccc1. The number of hydrogen-bond acceptors (Lipinski definition) is 3. The molecule has 6 aromatic rings. The van der Waals surface area contributed by atoms with Gasteiger partial charge in [0.25, 0.3) is 0 Å². The molecule has 0 bridgehead atoms. The Labute approximate surface area is 266 Å². The molecule has 6 rings (SSSR count). The smallest absolute Gasteiger partial charge is 0.780 e. The molecule has 0 heterocycles. The van der Waals surface area contributed by atoms with Gasteiger partial charge in [-0.2, -0.15) is 11.0 Å². The van der Waals surface area contributed by atoms with E-state index in [0.29, 0.717) is 11.5 Å². The number of benzene rings is 6. The first-order valence-electron chi connectivity index (χ1n) is 13.2. The maximum Gasteiger partial charge on any atom is 2.00 e. The molecule has 0 saturated carbocycles. The van der Waals surface area contributed by atoms with Crippen LogP contribution in [0.5, 0.6) is 11.5 Å². The Kier molecular flexibility index (Phi) is 12.6. The Balaban J connectivity index is 0.000000445. The minimum Gasteiger partial charge on any atom is -0.780 e. The maximum atomic E-state index is 6.56. The van der Waals surface area contributed by atoms with Gasteiger partial charge in [-0.15, -0.1) is 12.1 Å². The van der Waals surface area contributed by atoms with Crippen molar-refractivity contribution in [1.82, 2.24) is 0 Å². The van der Waals surface area contributed by atoms with Crippen molar-refractivity contribution < 1.29 is 25.5 Å². The van der Waals surface area contributed by atoms with Gasteiger partial charge in [0.15, 0.2) is 0 Å². The summed E-state index contributed by atoms with van der Waals surface area (Å²) in [7, 11) is -2.06. The Morgan fingerprint density at radius 3 is 0.929 bits per heavy atom. The van der Waals surface area contributed by atoms with Gasteiger partial charge >= 0.3 is 16.5 Å². The van der Waals surface area contributed by atoms with E-state index in [0.717, 1.165) is 26.1 Å². The van der Waals surface area contributed by atoms with E-state index in [1.54, 1.807) is 0 Å². The summed E-state index contributed by atoms with van der Waals surface area (Å²) in [5.74, 6) is 1.35. The van der Waals surface area contributed by atoms with Crippen LogP contribution in [0.3, 0.4) is 0 Å². The van der Waals surface area contributed by atoms with Gasteiger partial charge in [0.2, 0.25) is 0 Å². The van der Waals surface area contributed by atoms with Crippen molar-refractivity contribution in [1.29, 1.82) is 0 Å². The first-order chi connectivity index (χ1) is 20.3. The van der Waals surface area contributed by atoms with Crippen LogP contribution >= 0.6 is 16.3 Å². The average Bonchev–Trinajstić information content (AvgIpc) is 3.05. The molecule has 6 aromatic carbocycles. The van der Waals surface area contributed by atoms with E-state index < -0.39 is 16.3 Å². The standard InChI is InChI=1S/C30H23O2P2.C6H6S.Ni/c1-5-16-27(17-6-1)33(28-18-7-2-8-19-28)31-25-14-13-15-26(24-25)32-34(29-20-9-3-10-21-29)30-22-11-4-12-23-30;7-6-4-2-1-3-5-6;/h1-23H;1-5,7H;/q-1;;+2/p-1. The van der Waals surface area contributed by atoms with Gasteiger partial charge in [-0.1, -0.05) is 158 Å². The summed E-state index contributed by atoms with van der Waals surface area (Å²) in [6.45, 7) is 0.